The summed E-state index contributed by atoms with van der Waals surface area (Å²) in [6.07, 6.45) is 1.64. The minimum absolute atomic E-state index is 0.0147. The third kappa shape index (κ3) is 3.90. The van der Waals surface area contributed by atoms with Gasteiger partial charge in [0.25, 0.3) is 0 Å². The van der Waals surface area contributed by atoms with Gasteiger partial charge in [-0.2, -0.15) is 0 Å². The molecule has 1 aromatic carbocycles. The minimum Gasteiger partial charge on any atom is -0.508 e. The maximum Gasteiger partial charge on any atom is 0.227 e. The molecule has 1 atom stereocenters. The first-order valence-corrected chi connectivity index (χ1v) is 5.43. The number of nitrogens with two attached hydrogens (primary N) is 1. The number of phenols is 1. The van der Waals surface area contributed by atoms with Crippen molar-refractivity contribution in [1.82, 2.24) is 0 Å². The molecule has 0 aliphatic carbocycles. The molecule has 1 rings (SSSR count). The molecule has 0 radical (unpaired) electrons. The molecule has 4 nitrogen and oxygen atoms in total. The van der Waals surface area contributed by atoms with Gasteiger partial charge in [0.05, 0.1) is 0 Å². The highest BCUT2D eigenvalue weighted by Crippen LogP contribution is 2.15. The standard InChI is InChI=1S/C12H18N2O2/c1-9(3-2-8-13)12(16)14-10-4-6-11(15)7-5-10/h4-7,9,15H,2-3,8,13H2,1H3,(H,14,16). The molecule has 0 aliphatic rings. The average molecular weight is 222 g/mol. The summed E-state index contributed by atoms with van der Waals surface area (Å²) in [4.78, 5) is 11.7. The highest BCUT2D eigenvalue weighted by atomic mass is 16.3. The van der Waals surface area contributed by atoms with Crippen LogP contribution in [0, 0.1) is 5.92 Å². The van der Waals surface area contributed by atoms with Crippen molar-refractivity contribution in [2.24, 2.45) is 11.7 Å². The number of phenolic OH excluding ortho intramolecular Hbond substituents is 1. The predicted octanol–water partition coefficient (Wildman–Crippen LogP) is 1.71. The molecule has 1 amide bonds. The largest absolute Gasteiger partial charge is 0.508 e. The van der Waals surface area contributed by atoms with Crippen molar-refractivity contribution in [3.63, 3.8) is 0 Å². The Bertz CT molecular complexity index is 335. The molecule has 0 spiro atoms. The van der Waals surface area contributed by atoms with E-state index >= 15 is 0 Å². The Kier molecular flexibility index (Phi) is 4.79. The zero-order valence-corrected chi connectivity index (χ0v) is 9.44. The van der Waals surface area contributed by atoms with E-state index in [9.17, 15) is 4.79 Å². The zero-order chi connectivity index (χ0) is 12.0. The van der Waals surface area contributed by atoms with Gasteiger partial charge in [-0.15, -0.1) is 0 Å². The molecule has 0 heterocycles. The summed E-state index contributed by atoms with van der Waals surface area (Å²) in [6, 6.07) is 6.42. The van der Waals surface area contributed by atoms with Crippen molar-refractivity contribution in [2.45, 2.75) is 19.8 Å². The van der Waals surface area contributed by atoms with E-state index in [0.717, 1.165) is 12.8 Å². The number of benzene rings is 1. The van der Waals surface area contributed by atoms with Gasteiger partial charge in [0.2, 0.25) is 5.91 Å². The maximum absolute atomic E-state index is 11.7. The summed E-state index contributed by atoms with van der Waals surface area (Å²) in [7, 11) is 0. The Morgan fingerprint density at radius 3 is 2.62 bits per heavy atom. The van der Waals surface area contributed by atoms with Gasteiger partial charge in [-0.1, -0.05) is 6.92 Å². The second-order valence-electron chi connectivity index (χ2n) is 3.87. The summed E-state index contributed by atoms with van der Waals surface area (Å²) < 4.78 is 0. The monoisotopic (exact) mass is 222 g/mol. The van der Waals surface area contributed by atoms with E-state index < -0.39 is 0 Å². The topological polar surface area (TPSA) is 75.4 Å². The summed E-state index contributed by atoms with van der Waals surface area (Å²) in [5, 5.41) is 11.9. The van der Waals surface area contributed by atoms with E-state index in [1.807, 2.05) is 6.92 Å². The van der Waals surface area contributed by atoms with Crippen LogP contribution in [0.15, 0.2) is 24.3 Å². The molecule has 4 N–H and O–H groups in total. The lowest BCUT2D eigenvalue weighted by atomic mass is 10.0. The number of hydrogen-bond acceptors (Lipinski definition) is 3. The number of carbonyl (C=O) groups is 1. The second-order valence-corrected chi connectivity index (χ2v) is 3.87. The number of amides is 1. The third-order valence-electron chi connectivity index (χ3n) is 2.42. The predicted molar refractivity (Wildman–Crippen MR) is 64.2 cm³/mol. The van der Waals surface area contributed by atoms with Crippen LogP contribution in [-0.2, 0) is 4.79 Å². The van der Waals surface area contributed by atoms with Crippen LogP contribution in [-0.4, -0.2) is 17.6 Å². The molecule has 0 saturated heterocycles. The first-order valence-electron chi connectivity index (χ1n) is 5.43. The first kappa shape index (κ1) is 12.5. The van der Waals surface area contributed by atoms with Crippen molar-refractivity contribution >= 4 is 11.6 Å². The molecule has 16 heavy (non-hydrogen) atoms. The number of rotatable bonds is 5. The lowest BCUT2D eigenvalue weighted by Crippen LogP contribution is -2.21. The molecule has 0 fully saturated rings. The van der Waals surface area contributed by atoms with E-state index in [2.05, 4.69) is 5.32 Å². The molecular formula is C12H18N2O2. The zero-order valence-electron chi connectivity index (χ0n) is 9.44. The molecular weight excluding hydrogens is 204 g/mol. The summed E-state index contributed by atoms with van der Waals surface area (Å²) in [5.41, 5.74) is 6.08. The number of anilines is 1. The summed E-state index contributed by atoms with van der Waals surface area (Å²) in [5.74, 6) is 0.130. The van der Waals surface area contributed by atoms with Crippen molar-refractivity contribution in [3.05, 3.63) is 24.3 Å². The fraction of sp³-hybridized carbons (Fsp3) is 0.417. The van der Waals surface area contributed by atoms with Crippen molar-refractivity contribution in [2.75, 3.05) is 11.9 Å². The van der Waals surface area contributed by atoms with Gasteiger partial charge in [-0.05, 0) is 43.7 Å². The molecule has 1 aromatic rings. The van der Waals surface area contributed by atoms with Gasteiger partial charge in [-0.3, -0.25) is 4.79 Å². The smallest absolute Gasteiger partial charge is 0.227 e. The van der Waals surface area contributed by atoms with E-state index in [4.69, 9.17) is 10.8 Å². The maximum atomic E-state index is 11.7. The normalized spacial score (nSPS) is 12.1. The Balaban J connectivity index is 2.47. The van der Waals surface area contributed by atoms with Gasteiger partial charge in [-0.25, -0.2) is 0 Å². The lowest BCUT2D eigenvalue weighted by molar-refractivity contribution is -0.119. The SMILES string of the molecule is CC(CCCN)C(=O)Nc1ccc(O)cc1. The molecule has 88 valence electrons. The van der Waals surface area contributed by atoms with Gasteiger partial charge in [0, 0.05) is 11.6 Å². The highest BCUT2D eigenvalue weighted by molar-refractivity contribution is 5.92. The van der Waals surface area contributed by atoms with Crippen molar-refractivity contribution in [1.29, 1.82) is 0 Å². The van der Waals surface area contributed by atoms with Crippen molar-refractivity contribution < 1.29 is 9.90 Å². The van der Waals surface area contributed by atoms with E-state index in [1.54, 1.807) is 24.3 Å². The summed E-state index contributed by atoms with van der Waals surface area (Å²) in [6.45, 7) is 2.49. The van der Waals surface area contributed by atoms with Gasteiger partial charge in [0.1, 0.15) is 5.75 Å². The fourth-order valence-electron chi connectivity index (χ4n) is 1.37. The molecule has 0 saturated carbocycles. The molecule has 0 aliphatic heterocycles. The second kappa shape index (κ2) is 6.12. The first-order chi connectivity index (χ1) is 7.63. The fourth-order valence-corrected chi connectivity index (χ4v) is 1.37. The third-order valence-corrected chi connectivity index (χ3v) is 2.42. The highest BCUT2D eigenvalue weighted by Gasteiger charge is 2.11. The number of nitrogens with one attached hydrogen (secondary N) is 1. The van der Waals surface area contributed by atoms with Gasteiger partial charge < -0.3 is 16.2 Å². The van der Waals surface area contributed by atoms with Crippen LogP contribution < -0.4 is 11.1 Å². The Hall–Kier alpha value is -1.55. The van der Waals surface area contributed by atoms with Crippen LogP contribution in [0.3, 0.4) is 0 Å². The van der Waals surface area contributed by atoms with E-state index in [0.29, 0.717) is 12.2 Å². The summed E-state index contributed by atoms with van der Waals surface area (Å²) >= 11 is 0. The van der Waals surface area contributed by atoms with Crippen LogP contribution in [0.5, 0.6) is 5.75 Å². The minimum atomic E-state index is -0.0441. The Labute approximate surface area is 95.5 Å². The van der Waals surface area contributed by atoms with Gasteiger partial charge >= 0.3 is 0 Å². The van der Waals surface area contributed by atoms with Crippen LogP contribution in [0.2, 0.25) is 0 Å². The van der Waals surface area contributed by atoms with Crippen molar-refractivity contribution in [3.8, 4) is 5.75 Å². The lowest BCUT2D eigenvalue weighted by Gasteiger charge is -2.11. The van der Waals surface area contributed by atoms with Crippen LogP contribution in [0.1, 0.15) is 19.8 Å². The van der Waals surface area contributed by atoms with E-state index in [-0.39, 0.29) is 17.6 Å². The molecule has 0 bridgehead atoms. The van der Waals surface area contributed by atoms with Gasteiger partial charge in [0.15, 0.2) is 0 Å². The average Bonchev–Trinajstić information content (AvgIpc) is 2.29. The quantitative estimate of drug-likeness (QED) is 0.664. The Morgan fingerprint density at radius 1 is 1.44 bits per heavy atom. The van der Waals surface area contributed by atoms with E-state index in [1.165, 1.54) is 0 Å². The van der Waals surface area contributed by atoms with Crippen LogP contribution >= 0.6 is 0 Å². The van der Waals surface area contributed by atoms with Crippen LogP contribution in [0.4, 0.5) is 5.69 Å². The van der Waals surface area contributed by atoms with Crippen LogP contribution in [0.25, 0.3) is 0 Å². The molecule has 1 unspecified atom stereocenters. The Morgan fingerprint density at radius 2 is 2.06 bits per heavy atom. The number of hydrogen-bond donors (Lipinski definition) is 3. The molecule has 0 aromatic heterocycles. The molecule has 4 heteroatoms. The number of aromatic hydroxyl groups is 1. The number of carbonyl (C=O) groups excluding carboxylic acids is 1.